The van der Waals surface area contributed by atoms with E-state index in [9.17, 15) is 9.18 Å². The molecule has 0 spiro atoms. The number of halogens is 2. The minimum atomic E-state index is -0.463. The molecule has 0 amide bonds. The maximum absolute atomic E-state index is 13.5. The van der Waals surface area contributed by atoms with Crippen molar-refractivity contribution in [3.63, 3.8) is 0 Å². The summed E-state index contributed by atoms with van der Waals surface area (Å²) in [5.41, 5.74) is 0.718. The molecule has 0 aliphatic carbocycles. The molecular formula is C16H12BrFO3. The number of benzene rings is 2. The smallest absolute Gasteiger partial charge is 0.194 e. The number of carbonyl (C=O) groups excluding carboxylic acids is 1. The molecule has 3 nitrogen and oxygen atoms in total. The van der Waals surface area contributed by atoms with Crippen LogP contribution in [0.15, 0.2) is 40.9 Å². The molecule has 2 aromatic carbocycles. The Hall–Kier alpha value is -1.88. The van der Waals surface area contributed by atoms with E-state index in [-0.39, 0.29) is 15.8 Å². The molecule has 108 valence electrons. The second-order valence-corrected chi connectivity index (χ2v) is 5.44. The highest BCUT2D eigenvalue weighted by Gasteiger charge is 2.18. The third-order valence-corrected chi connectivity index (χ3v) is 4.01. The summed E-state index contributed by atoms with van der Waals surface area (Å²) in [5, 5.41) is 0. The van der Waals surface area contributed by atoms with Gasteiger partial charge in [0.1, 0.15) is 5.82 Å². The Kier molecular flexibility index (Phi) is 3.92. The maximum Gasteiger partial charge on any atom is 0.194 e. The lowest BCUT2D eigenvalue weighted by Gasteiger charge is -2.09. The van der Waals surface area contributed by atoms with Crippen molar-refractivity contribution >= 4 is 21.7 Å². The first kappa shape index (κ1) is 14.1. The normalized spacial score (nSPS) is 13.6. The topological polar surface area (TPSA) is 35.5 Å². The van der Waals surface area contributed by atoms with Gasteiger partial charge in [0, 0.05) is 17.5 Å². The van der Waals surface area contributed by atoms with Gasteiger partial charge < -0.3 is 9.47 Å². The third-order valence-electron chi connectivity index (χ3n) is 3.21. The first-order chi connectivity index (χ1) is 10.2. The summed E-state index contributed by atoms with van der Waals surface area (Å²) < 4.78 is 24.8. The highest BCUT2D eigenvalue weighted by Crippen LogP contribution is 2.32. The van der Waals surface area contributed by atoms with Gasteiger partial charge in [-0.3, -0.25) is 4.79 Å². The molecule has 0 unspecified atom stereocenters. The molecule has 0 saturated carbocycles. The molecule has 1 aliphatic heterocycles. The van der Waals surface area contributed by atoms with Crippen molar-refractivity contribution in [2.45, 2.75) is 6.42 Å². The number of hydrogen-bond donors (Lipinski definition) is 0. The Morgan fingerprint density at radius 2 is 1.86 bits per heavy atom. The molecule has 0 aromatic heterocycles. The molecule has 1 heterocycles. The minimum Gasteiger partial charge on any atom is -0.490 e. The van der Waals surface area contributed by atoms with Gasteiger partial charge >= 0.3 is 0 Å². The fraction of sp³-hybridized carbons (Fsp3) is 0.188. The lowest BCUT2D eigenvalue weighted by molar-refractivity contribution is 0.103. The Bertz CT molecular complexity index is 700. The summed E-state index contributed by atoms with van der Waals surface area (Å²) >= 11 is 3.11. The van der Waals surface area contributed by atoms with Crippen LogP contribution in [0.25, 0.3) is 0 Å². The van der Waals surface area contributed by atoms with Gasteiger partial charge in [0.2, 0.25) is 0 Å². The van der Waals surface area contributed by atoms with E-state index in [1.165, 1.54) is 12.1 Å². The monoisotopic (exact) mass is 350 g/mol. The van der Waals surface area contributed by atoms with Crippen LogP contribution in [0.5, 0.6) is 11.5 Å². The van der Waals surface area contributed by atoms with Crippen molar-refractivity contribution in [3.8, 4) is 11.5 Å². The lowest BCUT2D eigenvalue weighted by atomic mass is 10.0. The Morgan fingerprint density at radius 3 is 2.67 bits per heavy atom. The molecule has 0 bridgehead atoms. The summed E-state index contributed by atoms with van der Waals surface area (Å²) in [4.78, 5) is 12.5. The fourth-order valence-corrected chi connectivity index (χ4v) is 2.58. The molecule has 2 aromatic rings. The summed E-state index contributed by atoms with van der Waals surface area (Å²) in [6, 6.07) is 9.40. The van der Waals surface area contributed by atoms with E-state index in [0.717, 1.165) is 6.42 Å². The Labute approximate surface area is 129 Å². The second-order valence-electron chi connectivity index (χ2n) is 4.64. The Morgan fingerprint density at radius 1 is 1.10 bits per heavy atom. The van der Waals surface area contributed by atoms with Crippen molar-refractivity contribution in [2.75, 3.05) is 13.2 Å². The van der Waals surface area contributed by atoms with Crippen LogP contribution in [0.1, 0.15) is 22.3 Å². The van der Waals surface area contributed by atoms with Crippen molar-refractivity contribution in [1.29, 1.82) is 0 Å². The molecule has 3 rings (SSSR count). The predicted molar refractivity (Wildman–Crippen MR) is 79.6 cm³/mol. The molecular weight excluding hydrogens is 339 g/mol. The zero-order valence-electron chi connectivity index (χ0n) is 11.1. The van der Waals surface area contributed by atoms with Crippen LogP contribution in [0.3, 0.4) is 0 Å². The van der Waals surface area contributed by atoms with Crippen molar-refractivity contribution in [1.82, 2.24) is 0 Å². The van der Waals surface area contributed by atoms with Crippen LogP contribution >= 0.6 is 15.9 Å². The average Bonchev–Trinajstić information content (AvgIpc) is 2.74. The van der Waals surface area contributed by atoms with Gasteiger partial charge in [-0.2, -0.15) is 0 Å². The van der Waals surface area contributed by atoms with E-state index in [4.69, 9.17) is 9.47 Å². The van der Waals surface area contributed by atoms with Crippen LogP contribution in [-0.2, 0) is 0 Å². The first-order valence-corrected chi connectivity index (χ1v) is 7.34. The van der Waals surface area contributed by atoms with Gasteiger partial charge in [0.05, 0.1) is 17.7 Å². The van der Waals surface area contributed by atoms with E-state index in [0.29, 0.717) is 30.3 Å². The number of fused-ring (bicyclic) bond motifs is 1. The van der Waals surface area contributed by atoms with E-state index >= 15 is 0 Å². The maximum atomic E-state index is 13.5. The zero-order chi connectivity index (χ0) is 14.8. The van der Waals surface area contributed by atoms with Gasteiger partial charge in [0.25, 0.3) is 0 Å². The molecule has 0 N–H and O–H groups in total. The van der Waals surface area contributed by atoms with Gasteiger partial charge in [0.15, 0.2) is 17.3 Å². The largest absolute Gasteiger partial charge is 0.490 e. The van der Waals surface area contributed by atoms with Crippen LogP contribution in [0.2, 0.25) is 0 Å². The number of hydrogen-bond acceptors (Lipinski definition) is 3. The third kappa shape index (κ3) is 2.78. The SMILES string of the molecule is O=C(c1ccc2c(c1)OCCCO2)c1cccc(F)c1Br. The molecule has 0 radical (unpaired) electrons. The molecule has 21 heavy (non-hydrogen) atoms. The summed E-state index contributed by atoms with van der Waals surface area (Å²) in [6.45, 7) is 1.14. The molecule has 0 atom stereocenters. The average molecular weight is 351 g/mol. The van der Waals surface area contributed by atoms with Gasteiger partial charge in [-0.1, -0.05) is 6.07 Å². The van der Waals surface area contributed by atoms with E-state index in [1.54, 1.807) is 24.3 Å². The molecule has 0 fully saturated rings. The highest BCUT2D eigenvalue weighted by atomic mass is 79.9. The standard InChI is InChI=1S/C16H12BrFO3/c17-15-11(3-1-4-12(15)18)16(19)10-5-6-13-14(9-10)21-8-2-7-20-13/h1,3-6,9H,2,7-8H2. The van der Waals surface area contributed by atoms with Crippen molar-refractivity contribution in [2.24, 2.45) is 0 Å². The fourth-order valence-electron chi connectivity index (χ4n) is 2.14. The number of ketones is 1. The summed E-state index contributed by atoms with van der Waals surface area (Å²) in [6.07, 6.45) is 0.799. The van der Waals surface area contributed by atoms with Crippen LogP contribution in [0, 0.1) is 5.82 Å². The lowest BCUT2D eigenvalue weighted by Crippen LogP contribution is -2.04. The van der Waals surface area contributed by atoms with Crippen LogP contribution < -0.4 is 9.47 Å². The number of carbonyl (C=O) groups is 1. The van der Waals surface area contributed by atoms with E-state index in [1.807, 2.05) is 0 Å². The van der Waals surface area contributed by atoms with Gasteiger partial charge in [-0.05, 0) is 46.3 Å². The van der Waals surface area contributed by atoms with Gasteiger partial charge in [-0.25, -0.2) is 4.39 Å². The molecule has 5 heteroatoms. The van der Waals surface area contributed by atoms with Crippen molar-refractivity contribution in [3.05, 3.63) is 57.8 Å². The number of rotatable bonds is 2. The highest BCUT2D eigenvalue weighted by molar-refractivity contribution is 9.10. The van der Waals surface area contributed by atoms with E-state index < -0.39 is 5.82 Å². The Balaban J connectivity index is 1.98. The molecule has 1 aliphatic rings. The van der Waals surface area contributed by atoms with E-state index in [2.05, 4.69) is 15.9 Å². The zero-order valence-corrected chi connectivity index (χ0v) is 12.7. The summed E-state index contributed by atoms with van der Waals surface area (Å²) in [7, 11) is 0. The van der Waals surface area contributed by atoms with Crippen LogP contribution in [0.4, 0.5) is 4.39 Å². The van der Waals surface area contributed by atoms with Crippen LogP contribution in [-0.4, -0.2) is 19.0 Å². The first-order valence-electron chi connectivity index (χ1n) is 6.55. The summed E-state index contributed by atoms with van der Waals surface area (Å²) in [5.74, 6) is 0.445. The molecule has 0 saturated heterocycles. The van der Waals surface area contributed by atoms with Crippen molar-refractivity contribution < 1.29 is 18.7 Å². The predicted octanol–water partition coefficient (Wildman–Crippen LogP) is 3.98. The quantitative estimate of drug-likeness (QED) is 0.768. The minimum absolute atomic E-state index is 0.169. The second kappa shape index (κ2) is 5.85. The number of ether oxygens (including phenoxy) is 2. The van der Waals surface area contributed by atoms with Gasteiger partial charge in [-0.15, -0.1) is 0 Å².